The molecule has 0 aliphatic rings. The van der Waals surface area contributed by atoms with E-state index in [-0.39, 0.29) is 33.1 Å². The second kappa shape index (κ2) is 9.58. The largest absolute Gasteiger partial charge is 0.326 e. The highest BCUT2D eigenvalue weighted by Gasteiger charge is 2.27. The van der Waals surface area contributed by atoms with Crippen LogP contribution in [-0.2, 0) is 19.6 Å². The first-order chi connectivity index (χ1) is 13.6. The van der Waals surface area contributed by atoms with Gasteiger partial charge in [-0.2, -0.15) is 4.31 Å². The minimum Gasteiger partial charge on any atom is -0.326 e. The zero-order valence-corrected chi connectivity index (χ0v) is 18.5. The summed E-state index contributed by atoms with van der Waals surface area (Å²) in [4.78, 5) is 23.8. The Labute approximate surface area is 180 Å². The molecule has 0 fully saturated rings. The molecule has 7 nitrogen and oxygen atoms in total. The first-order valence-electron chi connectivity index (χ1n) is 8.68. The van der Waals surface area contributed by atoms with Crippen molar-refractivity contribution in [2.75, 3.05) is 23.7 Å². The summed E-state index contributed by atoms with van der Waals surface area (Å²) in [7, 11) is -3.99. The molecular formula is C19H21Cl2N3O4S. The first-order valence-corrected chi connectivity index (χ1v) is 10.9. The van der Waals surface area contributed by atoms with Gasteiger partial charge in [0.25, 0.3) is 0 Å². The zero-order chi connectivity index (χ0) is 21.8. The molecule has 2 aromatic carbocycles. The van der Waals surface area contributed by atoms with Gasteiger partial charge in [0.15, 0.2) is 0 Å². The Morgan fingerprint density at radius 2 is 1.69 bits per heavy atom. The smallest absolute Gasteiger partial charge is 0.243 e. The number of nitrogens with zero attached hydrogens (tertiary/aromatic N) is 1. The first kappa shape index (κ1) is 23.2. The van der Waals surface area contributed by atoms with Gasteiger partial charge in [-0.3, -0.25) is 9.59 Å². The summed E-state index contributed by atoms with van der Waals surface area (Å²) in [6.45, 7) is 4.23. The number of carbonyl (C=O) groups excluding carboxylic acids is 2. The molecule has 2 aromatic rings. The van der Waals surface area contributed by atoms with Crippen molar-refractivity contribution in [1.29, 1.82) is 0 Å². The van der Waals surface area contributed by atoms with Crippen molar-refractivity contribution in [2.24, 2.45) is 0 Å². The van der Waals surface area contributed by atoms with Crippen molar-refractivity contribution < 1.29 is 18.0 Å². The number of benzene rings is 2. The van der Waals surface area contributed by atoms with Gasteiger partial charge in [-0.05, 0) is 36.8 Å². The summed E-state index contributed by atoms with van der Waals surface area (Å²) in [5, 5.41) is 5.60. The summed E-state index contributed by atoms with van der Waals surface area (Å²) >= 11 is 12.1. The van der Waals surface area contributed by atoms with Crippen molar-refractivity contribution in [3.63, 3.8) is 0 Å². The molecule has 0 heterocycles. The van der Waals surface area contributed by atoms with Gasteiger partial charge < -0.3 is 10.6 Å². The average Bonchev–Trinajstić information content (AvgIpc) is 2.63. The average molecular weight is 458 g/mol. The van der Waals surface area contributed by atoms with Gasteiger partial charge in [-0.25, -0.2) is 8.42 Å². The number of para-hydroxylation sites is 1. The molecule has 2 amide bonds. The van der Waals surface area contributed by atoms with Crippen LogP contribution in [0.25, 0.3) is 0 Å². The molecule has 0 radical (unpaired) electrons. The highest BCUT2D eigenvalue weighted by atomic mass is 35.5. The number of aryl methyl sites for hydroxylation is 1. The monoisotopic (exact) mass is 457 g/mol. The van der Waals surface area contributed by atoms with E-state index in [1.54, 1.807) is 44.2 Å². The lowest BCUT2D eigenvalue weighted by molar-refractivity contribution is -0.116. The molecule has 0 bridgehead atoms. The van der Waals surface area contributed by atoms with Crippen LogP contribution in [0.3, 0.4) is 0 Å². The van der Waals surface area contributed by atoms with Crippen LogP contribution in [0.5, 0.6) is 0 Å². The maximum Gasteiger partial charge on any atom is 0.243 e. The number of carbonyl (C=O) groups is 2. The fraction of sp³-hybridized carbons (Fsp3) is 0.263. The highest BCUT2D eigenvalue weighted by Crippen LogP contribution is 2.30. The molecule has 2 rings (SSSR count). The fourth-order valence-electron chi connectivity index (χ4n) is 2.62. The van der Waals surface area contributed by atoms with E-state index in [0.717, 1.165) is 4.31 Å². The highest BCUT2D eigenvalue weighted by molar-refractivity contribution is 7.89. The standard InChI is InChI=1S/C19H21Cl2N3O4S/c1-4-24(11-18(26)23-19-15(20)6-5-7-16(19)21)29(27,28)17-10-14(22-13(3)25)9-8-12(17)2/h5-10H,4,11H2,1-3H3,(H,22,25)(H,23,26). The maximum absolute atomic E-state index is 13.1. The van der Waals surface area contributed by atoms with Crippen molar-refractivity contribution >= 4 is 56.4 Å². The number of sulfonamides is 1. The molecule has 0 aliphatic carbocycles. The third kappa shape index (κ3) is 5.70. The topological polar surface area (TPSA) is 95.6 Å². The van der Waals surface area contributed by atoms with Crippen LogP contribution in [0, 0.1) is 6.92 Å². The molecule has 156 valence electrons. The Morgan fingerprint density at radius 1 is 1.07 bits per heavy atom. The van der Waals surface area contributed by atoms with Crippen LogP contribution >= 0.6 is 23.2 Å². The summed E-state index contributed by atoms with van der Waals surface area (Å²) in [6, 6.07) is 9.34. The molecule has 10 heteroatoms. The number of halogens is 2. The van der Waals surface area contributed by atoms with E-state index in [0.29, 0.717) is 11.3 Å². The number of anilines is 2. The number of hydrogen-bond donors (Lipinski definition) is 2. The van der Waals surface area contributed by atoms with Gasteiger partial charge in [0.2, 0.25) is 21.8 Å². The zero-order valence-electron chi connectivity index (χ0n) is 16.1. The van der Waals surface area contributed by atoms with Crippen molar-refractivity contribution in [1.82, 2.24) is 4.31 Å². The van der Waals surface area contributed by atoms with Crippen molar-refractivity contribution in [3.05, 3.63) is 52.0 Å². The SMILES string of the molecule is CCN(CC(=O)Nc1c(Cl)cccc1Cl)S(=O)(=O)c1cc(NC(C)=O)ccc1C. The van der Waals surface area contributed by atoms with E-state index < -0.39 is 22.5 Å². The maximum atomic E-state index is 13.1. The molecule has 0 spiro atoms. The number of hydrogen-bond acceptors (Lipinski definition) is 4. The van der Waals surface area contributed by atoms with Crippen LogP contribution in [0.1, 0.15) is 19.4 Å². The van der Waals surface area contributed by atoms with Crippen LogP contribution in [-0.4, -0.2) is 37.6 Å². The minimum absolute atomic E-state index is 0.00850. The Hall–Kier alpha value is -2.13. The van der Waals surface area contributed by atoms with Gasteiger partial charge in [-0.1, -0.05) is 42.3 Å². The Bertz CT molecular complexity index is 1020. The van der Waals surface area contributed by atoms with Gasteiger partial charge in [0, 0.05) is 19.2 Å². The molecule has 0 atom stereocenters. The van der Waals surface area contributed by atoms with Gasteiger partial charge >= 0.3 is 0 Å². The van der Waals surface area contributed by atoms with Gasteiger partial charge in [-0.15, -0.1) is 0 Å². The predicted octanol–water partition coefficient (Wildman–Crippen LogP) is 3.91. The number of nitrogens with one attached hydrogen (secondary N) is 2. The fourth-order valence-corrected chi connectivity index (χ4v) is 4.77. The summed E-state index contributed by atoms with van der Waals surface area (Å²) in [5.74, 6) is -0.901. The Morgan fingerprint density at radius 3 is 2.24 bits per heavy atom. The predicted molar refractivity (Wildman–Crippen MR) is 115 cm³/mol. The molecule has 0 saturated carbocycles. The third-order valence-electron chi connectivity index (χ3n) is 4.03. The summed E-state index contributed by atoms with van der Waals surface area (Å²) < 4.78 is 27.3. The van der Waals surface area contributed by atoms with E-state index in [9.17, 15) is 18.0 Å². The third-order valence-corrected chi connectivity index (χ3v) is 6.72. The van der Waals surface area contributed by atoms with E-state index in [2.05, 4.69) is 10.6 Å². The lowest BCUT2D eigenvalue weighted by Crippen LogP contribution is -2.38. The summed E-state index contributed by atoms with van der Waals surface area (Å²) in [5.41, 5.74) is 1.07. The molecule has 2 N–H and O–H groups in total. The Kier molecular flexibility index (Phi) is 7.65. The Balaban J connectivity index is 2.28. The van der Waals surface area contributed by atoms with Gasteiger partial charge in [0.05, 0.1) is 27.2 Å². The van der Waals surface area contributed by atoms with E-state index in [1.165, 1.54) is 13.0 Å². The van der Waals surface area contributed by atoms with Crippen LogP contribution in [0.15, 0.2) is 41.3 Å². The van der Waals surface area contributed by atoms with Crippen molar-refractivity contribution in [3.8, 4) is 0 Å². The van der Waals surface area contributed by atoms with Crippen LogP contribution in [0.2, 0.25) is 10.0 Å². The number of amides is 2. The normalized spacial score (nSPS) is 11.4. The summed E-state index contributed by atoms with van der Waals surface area (Å²) in [6.07, 6.45) is 0. The van der Waals surface area contributed by atoms with Gasteiger partial charge in [0.1, 0.15) is 0 Å². The second-order valence-corrected chi connectivity index (χ2v) is 8.96. The molecule has 0 aromatic heterocycles. The van der Waals surface area contributed by atoms with Crippen LogP contribution in [0.4, 0.5) is 11.4 Å². The lowest BCUT2D eigenvalue weighted by Gasteiger charge is -2.22. The molecule has 29 heavy (non-hydrogen) atoms. The second-order valence-electron chi connectivity index (χ2n) is 6.24. The molecule has 0 unspecified atom stereocenters. The van der Waals surface area contributed by atoms with E-state index >= 15 is 0 Å². The molecule has 0 aliphatic heterocycles. The van der Waals surface area contributed by atoms with E-state index in [1.807, 2.05) is 0 Å². The number of rotatable bonds is 7. The van der Waals surface area contributed by atoms with E-state index in [4.69, 9.17) is 23.2 Å². The molecular weight excluding hydrogens is 437 g/mol. The molecule has 0 saturated heterocycles. The van der Waals surface area contributed by atoms with Crippen molar-refractivity contribution in [2.45, 2.75) is 25.7 Å². The van der Waals surface area contributed by atoms with Crippen LogP contribution < -0.4 is 10.6 Å². The lowest BCUT2D eigenvalue weighted by atomic mass is 10.2. The quantitative estimate of drug-likeness (QED) is 0.658. The minimum atomic E-state index is -3.99. The number of likely N-dealkylation sites (N-methyl/N-ethyl adjacent to an activating group) is 1.